The summed E-state index contributed by atoms with van der Waals surface area (Å²) < 4.78 is 0. The van der Waals surface area contributed by atoms with E-state index in [1.807, 2.05) is 30.3 Å². The first-order valence-corrected chi connectivity index (χ1v) is 6.58. The topological polar surface area (TPSA) is 74.6 Å². The number of rotatable bonds is 9. The number of benzene rings is 1. The van der Waals surface area contributed by atoms with Crippen LogP contribution >= 0.6 is 0 Å². The Morgan fingerprint density at radius 3 is 2.21 bits per heavy atom. The molecule has 0 aliphatic rings. The third kappa shape index (κ3) is 6.60. The summed E-state index contributed by atoms with van der Waals surface area (Å²) in [7, 11) is 0. The molecule has 1 aromatic carbocycles. The molecule has 0 amide bonds. The largest absolute Gasteiger partial charge is 0.481 e. The second-order valence-electron chi connectivity index (χ2n) is 4.70. The van der Waals surface area contributed by atoms with Gasteiger partial charge in [0.15, 0.2) is 0 Å². The monoisotopic (exact) mass is 264 g/mol. The molecule has 2 N–H and O–H groups in total. The van der Waals surface area contributed by atoms with Crippen molar-refractivity contribution in [3.63, 3.8) is 0 Å². The zero-order chi connectivity index (χ0) is 14.1. The van der Waals surface area contributed by atoms with E-state index in [0.29, 0.717) is 6.42 Å². The van der Waals surface area contributed by atoms with Crippen molar-refractivity contribution in [1.29, 1.82) is 0 Å². The molecular weight excluding hydrogens is 244 g/mol. The summed E-state index contributed by atoms with van der Waals surface area (Å²) in [6.07, 6.45) is 3.45. The van der Waals surface area contributed by atoms with Crippen molar-refractivity contribution in [3.05, 3.63) is 35.9 Å². The lowest BCUT2D eigenvalue weighted by atomic mass is 9.90. The third-order valence-electron chi connectivity index (χ3n) is 3.14. The SMILES string of the molecule is O=C(O)CCCCCC(CC(=O)O)c1ccccc1. The van der Waals surface area contributed by atoms with Crippen molar-refractivity contribution < 1.29 is 19.8 Å². The first-order chi connectivity index (χ1) is 9.09. The molecule has 0 saturated heterocycles. The Bertz CT molecular complexity index is 400. The first-order valence-electron chi connectivity index (χ1n) is 6.58. The Kier molecular flexibility index (Phi) is 6.64. The lowest BCUT2D eigenvalue weighted by Gasteiger charge is -2.15. The van der Waals surface area contributed by atoms with Crippen molar-refractivity contribution >= 4 is 11.9 Å². The highest BCUT2D eigenvalue weighted by Crippen LogP contribution is 2.26. The first kappa shape index (κ1) is 15.2. The second-order valence-corrected chi connectivity index (χ2v) is 4.70. The van der Waals surface area contributed by atoms with Crippen molar-refractivity contribution in [1.82, 2.24) is 0 Å². The van der Waals surface area contributed by atoms with Crippen LogP contribution in [-0.2, 0) is 9.59 Å². The summed E-state index contributed by atoms with van der Waals surface area (Å²) >= 11 is 0. The van der Waals surface area contributed by atoms with Gasteiger partial charge in [-0.1, -0.05) is 43.2 Å². The van der Waals surface area contributed by atoms with E-state index in [0.717, 1.165) is 24.8 Å². The summed E-state index contributed by atoms with van der Waals surface area (Å²) in [5.74, 6) is -1.55. The van der Waals surface area contributed by atoms with Gasteiger partial charge in [-0.15, -0.1) is 0 Å². The fourth-order valence-electron chi connectivity index (χ4n) is 2.17. The van der Waals surface area contributed by atoms with Gasteiger partial charge in [-0.05, 0) is 24.3 Å². The van der Waals surface area contributed by atoms with Crippen LogP contribution in [0.1, 0.15) is 50.0 Å². The summed E-state index contributed by atoms with van der Waals surface area (Å²) in [6, 6.07) is 9.63. The molecule has 104 valence electrons. The molecule has 0 aromatic heterocycles. The standard InChI is InChI=1S/C15H20O4/c16-14(17)10-6-2-5-9-13(11-15(18)19)12-7-3-1-4-8-12/h1,3-4,7-8,13H,2,5-6,9-11H2,(H,16,17)(H,18,19). The molecule has 1 atom stereocenters. The number of hydrogen-bond donors (Lipinski definition) is 2. The van der Waals surface area contributed by atoms with Crippen LogP contribution in [0.3, 0.4) is 0 Å². The smallest absolute Gasteiger partial charge is 0.303 e. The van der Waals surface area contributed by atoms with Gasteiger partial charge in [0.05, 0.1) is 6.42 Å². The van der Waals surface area contributed by atoms with Crippen LogP contribution in [0.25, 0.3) is 0 Å². The number of aliphatic carboxylic acids is 2. The molecule has 19 heavy (non-hydrogen) atoms. The Morgan fingerprint density at radius 2 is 1.63 bits per heavy atom. The highest BCUT2D eigenvalue weighted by Gasteiger charge is 2.14. The lowest BCUT2D eigenvalue weighted by Crippen LogP contribution is -2.06. The average Bonchev–Trinajstić information content (AvgIpc) is 2.37. The molecule has 0 aliphatic carbocycles. The van der Waals surface area contributed by atoms with Crippen LogP contribution in [0.5, 0.6) is 0 Å². The van der Waals surface area contributed by atoms with E-state index in [4.69, 9.17) is 10.2 Å². The van der Waals surface area contributed by atoms with Crippen LogP contribution in [0.4, 0.5) is 0 Å². The van der Waals surface area contributed by atoms with Gasteiger partial charge in [0.1, 0.15) is 0 Å². The number of unbranched alkanes of at least 4 members (excludes halogenated alkanes) is 2. The van der Waals surface area contributed by atoms with Gasteiger partial charge in [0, 0.05) is 6.42 Å². The Labute approximate surface area is 113 Å². The average molecular weight is 264 g/mol. The lowest BCUT2D eigenvalue weighted by molar-refractivity contribution is -0.138. The predicted molar refractivity (Wildman–Crippen MR) is 72.2 cm³/mol. The van der Waals surface area contributed by atoms with Crippen molar-refractivity contribution in [3.8, 4) is 0 Å². The molecule has 0 aliphatic heterocycles. The van der Waals surface area contributed by atoms with Gasteiger partial charge < -0.3 is 10.2 Å². The van der Waals surface area contributed by atoms with Gasteiger partial charge in [-0.3, -0.25) is 9.59 Å². The predicted octanol–water partition coefficient (Wildman–Crippen LogP) is 3.28. The van der Waals surface area contributed by atoms with Crippen molar-refractivity contribution in [2.24, 2.45) is 0 Å². The van der Waals surface area contributed by atoms with E-state index in [9.17, 15) is 9.59 Å². The van der Waals surface area contributed by atoms with Crippen molar-refractivity contribution in [2.75, 3.05) is 0 Å². The fraction of sp³-hybridized carbons (Fsp3) is 0.467. The van der Waals surface area contributed by atoms with E-state index in [1.54, 1.807) is 0 Å². The highest BCUT2D eigenvalue weighted by atomic mass is 16.4. The van der Waals surface area contributed by atoms with Crippen LogP contribution in [0.2, 0.25) is 0 Å². The highest BCUT2D eigenvalue weighted by molar-refractivity contribution is 5.68. The van der Waals surface area contributed by atoms with Crippen LogP contribution in [0.15, 0.2) is 30.3 Å². The maximum Gasteiger partial charge on any atom is 0.303 e. The van der Waals surface area contributed by atoms with Gasteiger partial charge in [0.25, 0.3) is 0 Å². The Balaban J connectivity index is 2.43. The molecule has 1 aromatic rings. The number of hydrogen-bond acceptors (Lipinski definition) is 2. The summed E-state index contributed by atoms with van der Waals surface area (Å²) in [5, 5.41) is 17.5. The minimum absolute atomic E-state index is 0.0172. The molecule has 1 unspecified atom stereocenters. The quantitative estimate of drug-likeness (QED) is 0.671. The fourth-order valence-corrected chi connectivity index (χ4v) is 2.17. The van der Waals surface area contributed by atoms with Crippen molar-refractivity contribution in [2.45, 2.75) is 44.4 Å². The molecule has 0 bridgehead atoms. The Morgan fingerprint density at radius 1 is 0.947 bits per heavy atom. The molecular formula is C15H20O4. The molecule has 1 rings (SSSR count). The Hall–Kier alpha value is -1.84. The number of carboxylic acids is 2. The minimum Gasteiger partial charge on any atom is -0.481 e. The summed E-state index contributed by atoms with van der Waals surface area (Å²) in [4.78, 5) is 21.3. The van der Waals surface area contributed by atoms with Gasteiger partial charge >= 0.3 is 11.9 Å². The van der Waals surface area contributed by atoms with E-state index >= 15 is 0 Å². The van der Waals surface area contributed by atoms with E-state index in [1.165, 1.54) is 0 Å². The van der Waals surface area contributed by atoms with E-state index < -0.39 is 11.9 Å². The van der Waals surface area contributed by atoms with Crippen LogP contribution in [0, 0.1) is 0 Å². The molecule has 0 heterocycles. The third-order valence-corrected chi connectivity index (χ3v) is 3.14. The van der Waals surface area contributed by atoms with Crippen LogP contribution in [-0.4, -0.2) is 22.2 Å². The molecule has 4 nitrogen and oxygen atoms in total. The maximum atomic E-state index is 10.9. The van der Waals surface area contributed by atoms with E-state index in [2.05, 4.69) is 0 Å². The molecule has 0 spiro atoms. The van der Waals surface area contributed by atoms with Gasteiger partial charge in [-0.25, -0.2) is 0 Å². The van der Waals surface area contributed by atoms with Gasteiger partial charge in [0.2, 0.25) is 0 Å². The minimum atomic E-state index is -0.792. The van der Waals surface area contributed by atoms with E-state index in [-0.39, 0.29) is 18.8 Å². The van der Waals surface area contributed by atoms with Gasteiger partial charge in [-0.2, -0.15) is 0 Å². The maximum absolute atomic E-state index is 10.9. The zero-order valence-corrected chi connectivity index (χ0v) is 10.9. The second kappa shape index (κ2) is 8.29. The zero-order valence-electron chi connectivity index (χ0n) is 10.9. The van der Waals surface area contributed by atoms with Crippen LogP contribution < -0.4 is 0 Å². The number of carbonyl (C=O) groups is 2. The molecule has 0 fully saturated rings. The molecule has 0 saturated carbocycles. The normalized spacial score (nSPS) is 12.0. The summed E-state index contributed by atoms with van der Waals surface area (Å²) in [5.41, 5.74) is 1.04. The number of carboxylic acid groups (broad SMARTS) is 2. The molecule has 0 radical (unpaired) electrons. The molecule has 4 heteroatoms. The summed E-state index contributed by atoms with van der Waals surface area (Å²) in [6.45, 7) is 0.